The van der Waals surface area contributed by atoms with Gasteiger partial charge in [0, 0.05) is 24.5 Å². The third-order valence-electron chi connectivity index (χ3n) is 3.15. The van der Waals surface area contributed by atoms with Gasteiger partial charge in [-0.1, -0.05) is 0 Å². The summed E-state index contributed by atoms with van der Waals surface area (Å²) < 4.78 is 54.9. The fourth-order valence-electron chi connectivity index (χ4n) is 2.04. The molecular weight excluding hydrogens is 340 g/mol. The lowest BCUT2D eigenvalue weighted by molar-refractivity contribution is 0.551. The molecule has 0 aliphatic rings. The first-order chi connectivity index (χ1) is 11.4. The third kappa shape index (κ3) is 3.08. The topological polar surface area (TPSA) is 89.8 Å². The van der Waals surface area contributed by atoms with Crippen molar-refractivity contribution in [3.05, 3.63) is 60.4 Å². The van der Waals surface area contributed by atoms with E-state index < -0.39 is 26.6 Å². The van der Waals surface area contributed by atoms with Gasteiger partial charge in [-0.15, -0.1) is 0 Å². The smallest absolute Gasteiger partial charge is 0.265 e. The Morgan fingerprint density at radius 1 is 1.12 bits per heavy atom. The molecule has 0 saturated carbocycles. The van der Waals surface area contributed by atoms with Crippen LogP contribution in [0.2, 0.25) is 0 Å². The van der Waals surface area contributed by atoms with E-state index in [2.05, 4.69) is 19.7 Å². The summed E-state index contributed by atoms with van der Waals surface area (Å²) in [5, 5.41) is 0. The number of sulfonamides is 1. The third-order valence-corrected chi connectivity index (χ3v) is 4.54. The van der Waals surface area contributed by atoms with Gasteiger partial charge in [-0.05, 0) is 19.1 Å². The second-order valence-corrected chi connectivity index (χ2v) is 6.44. The molecule has 3 rings (SSSR count). The Kier molecular flexibility index (Phi) is 3.97. The Labute approximate surface area is 136 Å². The number of hydrogen-bond acceptors (Lipinski definition) is 5. The van der Waals surface area contributed by atoms with Crippen LogP contribution in [0.15, 0.2) is 47.9 Å². The molecular formula is C14H11F2N5O2S. The number of nitrogens with zero attached hydrogens (tertiary/aromatic N) is 4. The van der Waals surface area contributed by atoms with Crippen molar-refractivity contribution in [2.45, 2.75) is 11.8 Å². The Morgan fingerprint density at radius 3 is 2.58 bits per heavy atom. The van der Waals surface area contributed by atoms with Gasteiger partial charge in [0.1, 0.15) is 40.3 Å². The summed E-state index contributed by atoms with van der Waals surface area (Å²) in [6.07, 6.45) is 4.37. The molecule has 2 heterocycles. The zero-order valence-corrected chi connectivity index (χ0v) is 13.1. The monoisotopic (exact) mass is 351 g/mol. The van der Waals surface area contributed by atoms with E-state index in [1.165, 1.54) is 6.07 Å². The minimum absolute atomic E-state index is 0.0585. The molecule has 2 aromatic heterocycles. The maximum Gasteiger partial charge on any atom is 0.265 e. The number of rotatable bonds is 4. The molecule has 0 saturated heterocycles. The highest BCUT2D eigenvalue weighted by atomic mass is 32.2. The minimum atomic E-state index is -4.26. The summed E-state index contributed by atoms with van der Waals surface area (Å²) in [6, 6.07) is 3.56. The summed E-state index contributed by atoms with van der Waals surface area (Å²) in [6.45, 7) is 1.75. The molecule has 0 radical (unpaired) electrons. The lowest BCUT2D eigenvalue weighted by Gasteiger charge is -2.09. The fourth-order valence-corrected chi connectivity index (χ4v) is 3.10. The van der Waals surface area contributed by atoms with Crippen LogP contribution in [0.25, 0.3) is 5.82 Å². The van der Waals surface area contributed by atoms with E-state index in [-0.39, 0.29) is 5.82 Å². The summed E-state index contributed by atoms with van der Waals surface area (Å²) in [5.41, 5.74) is 0. The maximum atomic E-state index is 13.7. The summed E-state index contributed by atoms with van der Waals surface area (Å²) in [5.74, 6) is -1.09. The SMILES string of the molecule is Cc1nccn1-c1cc(NS(=O)(=O)c2ccc(F)cc2F)ncn1. The Morgan fingerprint density at radius 2 is 1.92 bits per heavy atom. The molecule has 7 nitrogen and oxygen atoms in total. The number of nitrogens with one attached hydrogen (secondary N) is 1. The molecule has 0 aliphatic heterocycles. The van der Waals surface area contributed by atoms with E-state index >= 15 is 0 Å². The van der Waals surface area contributed by atoms with Gasteiger partial charge in [-0.2, -0.15) is 0 Å². The van der Waals surface area contributed by atoms with Crippen LogP contribution in [0.4, 0.5) is 14.6 Å². The van der Waals surface area contributed by atoms with Gasteiger partial charge >= 0.3 is 0 Å². The second kappa shape index (κ2) is 5.96. The Bertz CT molecular complexity index is 1000. The van der Waals surface area contributed by atoms with Crippen molar-refractivity contribution in [3.8, 4) is 5.82 Å². The van der Waals surface area contributed by atoms with Gasteiger partial charge in [-0.3, -0.25) is 9.29 Å². The van der Waals surface area contributed by atoms with Gasteiger partial charge in [-0.25, -0.2) is 32.2 Å². The number of anilines is 1. The zero-order chi connectivity index (χ0) is 17.3. The average Bonchev–Trinajstić information content (AvgIpc) is 2.92. The van der Waals surface area contributed by atoms with Crippen LogP contribution in [0.5, 0.6) is 0 Å². The highest BCUT2D eigenvalue weighted by Gasteiger charge is 2.20. The molecule has 0 spiro atoms. The number of imidazole rings is 1. The normalized spacial score (nSPS) is 11.5. The molecule has 24 heavy (non-hydrogen) atoms. The number of aromatic nitrogens is 4. The molecule has 0 bridgehead atoms. The Hall–Kier alpha value is -2.88. The summed E-state index contributed by atoms with van der Waals surface area (Å²) >= 11 is 0. The van der Waals surface area contributed by atoms with Gasteiger partial charge in [0.15, 0.2) is 0 Å². The van der Waals surface area contributed by atoms with Gasteiger partial charge in [0.2, 0.25) is 0 Å². The molecule has 1 aromatic carbocycles. The second-order valence-electron chi connectivity index (χ2n) is 4.79. The Balaban J connectivity index is 1.95. The van der Waals surface area contributed by atoms with E-state index in [1.807, 2.05) is 0 Å². The highest BCUT2D eigenvalue weighted by Crippen LogP contribution is 2.19. The molecule has 10 heteroatoms. The summed E-state index contributed by atoms with van der Waals surface area (Å²) in [4.78, 5) is 11.2. The van der Waals surface area contributed by atoms with E-state index in [9.17, 15) is 17.2 Å². The molecule has 0 amide bonds. The average molecular weight is 351 g/mol. The molecule has 1 N–H and O–H groups in total. The van der Waals surface area contributed by atoms with Crippen LogP contribution in [0, 0.1) is 18.6 Å². The van der Waals surface area contributed by atoms with Gasteiger partial charge in [0.25, 0.3) is 10.0 Å². The van der Waals surface area contributed by atoms with Crippen molar-refractivity contribution in [1.29, 1.82) is 0 Å². The van der Waals surface area contributed by atoms with Crippen LogP contribution in [0.3, 0.4) is 0 Å². The van der Waals surface area contributed by atoms with E-state index in [0.717, 1.165) is 18.5 Å². The van der Waals surface area contributed by atoms with Crippen LogP contribution in [0.1, 0.15) is 5.82 Å². The lowest BCUT2D eigenvalue weighted by atomic mass is 10.3. The van der Waals surface area contributed by atoms with Crippen LogP contribution in [-0.2, 0) is 10.0 Å². The quantitative estimate of drug-likeness (QED) is 0.777. The van der Waals surface area contributed by atoms with Crippen molar-refractivity contribution in [1.82, 2.24) is 19.5 Å². The van der Waals surface area contributed by atoms with Crippen molar-refractivity contribution >= 4 is 15.8 Å². The molecule has 0 aliphatic carbocycles. The minimum Gasteiger partial charge on any atom is -0.288 e. The first kappa shape index (κ1) is 16.0. The van der Waals surface area contributed by atoms with Crippen LogP contribution >= 0.6 is 0 Å². The predicted molar refractivity (Wildman–Crippen MR) is 81.1 cm³/mol. The van der Waals surface area contributed by atoms with Gasteiger partial charge < -0.3 is 0 Å². The first-order valence-electron chi connectivity index (χ1n) is 6.67. The van der Waals surface area contributed by atoms with Crippen molar-refractivity contribution < 1.29 is 17.2 Å². The largest absolute Gasteiger partial charge is 0.288 e. The summed E-state index contributed by atoms with van der Waals surface area (Å²) in [7, 11) is -4.26. The highest BCUT2D eigenvalue weighted by molar-refractivity contribution is 7.92. The first-order valence-corrected chi connectivity index (χ1v) is 8.15. The van der Waals surface area contributed by atoms with Crippen LogP contribution < -0.4 is 4.72 Å². The molecule has 0 atom stereocenters. The van der Waals surface area contributed by atoms with Crippen LogP contribution in [-0.4, -0.2) is 27.9 Å². The molecule has 0 fully saturated rings. The molecule has 124 valence electrons. The van der Waals surface area contributed by atoms with E-state index in [0.29, 0.717) is 17.7 Å². The van der Waals surface area contributed by atoms with Crippen molar-refractivity contribution in [2.75, 3.05) is 4.72 Å². The standard InChI is InChI=1S/C14H11F2N5O2S/c1-9-17-4-5-21(9)14-7-13(18-8-19-14)20-24(22,23)12-3-2-10(15)6-11(12)16/h2-8H,1H3,(H,18,19,20). The van der Waals surface area contributed by atoms with E-state index in [4.69, 9.17) is 0 Å². The van der Waals surface area contributed by atoms with E-state index in [1.54, 1.807) is 23.9 Å². The number of halogens is 2. The molecule has 3 aromatic rings. The number of aryl methyl sites for hydroxylation is 1. The van der Waals surface area contributed by atoms with Gasteiger partial charge in [0.05, 0.1) is 0 Å². The fraction of sp³-hybridized carbons (Fsp3) is 0.0714. The maximum absolute atomic E-state index is 13.7. The number of hydrogen-bond donors (Lipinski definition) is 1. The van der Waals surface area contributed by atoms with Crippen molar-refractivity contribution in [3.63, 3.8) is 0 Å². The molecule has 0 unspecified atom stereocenters. The lowest BCUT2D eigenvalue weighted by Crippen LogP contribution is -2.16. The number of benzene rings is 1. The van der Waals surface area contributed by atoms with Crippen molar-refractivity contribution in [2.24, 2.45) is 0 Å². The predicted octanol–water partition coefficient (Wildman–Crippen LogP) is 2.05. The zero-order valence-electron chi connectivity index (χ0n) is 12.3.